The number of aromatic nitrogens is 4. The van der Waals surface area contributed by atoms with Crippen LogP contribution in [0.4, 0.5) is 5.82 Å². The highest BCUT2D eigenvalue weighted by molar-refractivity contribution is 7.46. The molecule has 2 aromatic rings. The molecular weight excluding hydrogens is 453 g/mol. The maximum Gasteiger partial charge on any atom is 0.469 e. The Hall–Kier alpha value is -2.72. The number of esters is 1. The number of rotatable bonds is 9. The van der Waals surface area contributed by atoms with Crippen molar-refractivity contribution in [2.45, 2.75) is 43.4 Å². The molecule has 9 N–H and O–H groups in total. The van der Waals surface area contributed by atoms with Gasteiger partial charge in [-0.1, -0.05) is 0 Å². The lowest BCUT2D eigenvalue weighted by molar-refractivity contribution is -0.158. The summed E-state index contributed by atoms with van der Waals surface area (Å²) < 4.78 is 27.8. The molecule has 1 fully saturated rings. The fraction of sp³-hybridized carbons (Fsp3) is 0.533. The maximum atomic E-state index is 12.3. The number of phosphoric ester groups is 1. The number of nitrogens with two attached hydrogens (primary N) is 3. The number of hydrogen-bond donors (Lipinski definition) is 6. The van der Waals surface area contributed by atoms with E-state index >= 15 is 0 Å². The molecule has 5 atom stereocenters. The molecule has 0 aromatic carbocycles. The highest BCUT2D eigenvalue weighted by Gasteiger charge is 2.48. The molecule has 1 aliphatic rings. The highest BCUT2D eigenvalue weighted by Crippen LogP contribution is 2.39. The van der Waals surface area contributed by atoms with Crippen molar-refractivity contribution in [3.05, 3.63) is 12.7 Å². The second kappa shape index (κ2) is 9.41. The Morgan fingerprint density at radius 3 is 2.69 bits per heavy atom. The molecule has 0 spiro atoms. The van der Waals surface area contributed by atoms with E-state index in [1.807, 2.05) is 0 Å². The van der Waals surface area contributed by atoms with Crippen LogP contribution >= 0.6 is 7.82 Å². The lowest BCUT2D eigenvalue weighted by Gasteiger charge is -2.22. The molecule has 3 heterocycles. The zero-order valence-corrected chi connectivity index (χ0v) is 17.3. The van der Waals surface area contributed by atoms with E-state index in [-0.39, 0.29) is 29.8 Å². The van der Waals surface area contributed by atoms with Gasteiger partial charge in [0.05, 0.1) is 12.9 Å². The zero-order chi connectivity index (χ0) is 23.6. The molecule has 17 heteroatoms. The lowest BCUT2D eigenvalue weighted by atomic mass is 10.1. The SMILES string of the molecule is NC(=O)CCC(N)C(=O)OC1C(COP(=O)(O)O)OC(n2cnc3c(N)ncnc32)C1O. The third-order valence-corrected chi connectivity index (χ3v) is 5.12. The van der Waals surface area contributed by atoms with Gasteiger partial charge in [-0.15, -0.1) is 0 Å². The summed E-state index contributed by atoms with van der Waals surface area (Å²) >= 11 is 0. The molecule has 3 rings (SSSR count). The average molecular weight is 475 g/mol. The number of nitrogens with zero attached hydrogens (tertiary/aromatic N) is 4. The van der Waals surface area contributed by atoms with Gasteiger partial charge in [0.2, 0.25) is 5.91 Å². The number of fused-ring (bicyclic) bond motifs is 1. The van der Waals surface area contributed by atoms with E-state index in [0.29, 0.717) is 0 Å². The molecule has 0 saturated carbocycles. The minimum Gasteiger partial charge on any atom is -0.455 e. The van der Waals surface area contributed by atoms with Gasteiger partial charge in [0.15, 0.2) is 23.8 Å². The largest absolute Gasteiger partial charge is 0.469 e. The summed E-state index contributed by atoms with van der Waals surface area (Å²) in [7, 11) is -4.90. The first-order valence-electron chi connectivity index (χ1n) is 9.19. The number of imidazole rings is 1. The average Bonchev–Trinajstić information content (AvgIpc) is 3.26. The Labute approximate surface area is 179 Å². The Morgan fingerprint density at radius 1 is 1.31 bits per heavy atom. The molecule has 1 aliphatic heterocycles. The fourth-order valence-electron chi connectivity index (χ4n) is 3.09. The van der Waals surface area contributed by atoms with Crippen LogP contribution in [0.1, 0.15) is 19.1 Å². The zero-order valence-electron chi connectivity index (χ0n) is 16.4. The van der Waals surface area contributed by atoms with Crippen molar-refractivity contribution in [1.29, 1.82) is 0 Å². The van der Waals surface area contributed by atoms with Gasteiger partial charge in [0.25, 0.3) is 0 Å². The van der Waals surface area contributed by atoms with Crippen molar-refractivity contribution in [2.24, 2.45) is 11.5 Å². The number of primary amides is 1. The molecule has 1 saturated heterocycles. The number of carbonyl (C=O) groups excluding carboxylic acids is 2. The van der Waals surface area contributed by atoms with Crippen molar-refractivity contribution in [3.8, 4) is 0 Å². The summed E-state index contributed by atoms with van der Waals surface area (Å²) in [4.78, 5) is 53.1. The molecule has 5 unspecified atom stereocenters. The number of phosphoric acid groups is 1. The van der Waals surface area contributed by atoms with Crippen LogP contribution in [-0.4, -0.2) is 77.2 Å². The molecule has 1 amide bonds. The smallest absolute Gasteiger partial charge is 0.455 e. The van der Waals surface area contributed by atoms with Crippen molar-refractivity contribution >= 4 is 36.7 Å². The van der Waals surface area contributed by atoms with Crippen molar-refractivity contribution < 1.29 is 43.0 Å². The summed E-state index contributed by atoms with van der Waals surface area (Å²) in [5.41, 5.74) is 16.9. The Balaban J connectivity index is 1.83. The van der Waals surface area contributed by atoms with E-state index in [2.05, 4.69) is 19.5 Å². The van der Waals surface area contributed by atoms with Crippen LogP contribution < -0.4 is 17.2 Å². The van der Waals surface area contributed by atoms with Crippen molar-refractivity contribution in [1.82, 2.24) is 19.5 Å². The topological polar surface area (TPSA) is 261 Å². The second-order valence-corrected chi connectivity index (χ2v) is 8.18. The number of aliphatic hydroxyl groups is 1. The molecule has 0 bridgehead atoms. The summed E-state index contributed by atoms with van der Waals surface area (Å²) in [5, 5.41) is 10.8. The summed E-state index contributed by atoms with van der Waals surface area (Å²) in [5.74, 6) is -1.58. The predicted octanol–water partition coefficient (Wildman–Crippen LogP) is -2.72. The number of nitrogen functional groups attached to an aromatic ring is 1. The van der Waals surface area contributed by atoms with Crippen molar-refractivity contribution in [3.63, 3.8) is 0 Å². The van der Waals surface area contributed by atoms with E-state index in [1.165, 1.54) is 17.2 Å². The van der Waals surface area contributed by atoms with E-state index in [4.69, 9.17) is 36.5 Å². The highest BCUT2D eigenvalue weighted by atomic mass is 31.2. The molecule has 16 nitrogen and oxygen atoms in total. The number of anilines is 1. The molecule has 0 aliphatic carbocycles. The molecule has 176 valence electrons. The number of ether oxygens (including phenoxy) is 2. The number of amides is 1. The van der Waals surface area contributed by atoms with Crippen LogP contribution in [0.25, 0.3) is 11.2 Å². The predicted molar refractivity (Wildman–Crippen MR) is 104 cm³/mol. The third kappa shape index (κ3) is 5.36. The van der Waals surface area contributed by atoms with E-state index in [9.17, 15) is 19.3 Å². The Kier molecular flexibility index (Phi) is 7.04. The minimum atomic E-state index is -4.90. The molecule has 2 aromatic heterocycles. The first kappa shape index (κ1) is 23.9. The van der Waals surface area contributed by atoms with E-state index in [0.717, 1.165) is 0 Å². The minimum absolute atomic E-state index is 0.0750. The Morgan fingerprint density at radius 2 is 2.03 bits per heavy atom. The first-order chi connectivity index (χ1) is 15.0. The van der Waals surface area contributed by atoms with Gasteiger partial charge in [-0.2, -0.15) is 0 Å². The van der Waals surface area contributed by atoms with E-state index < -0.39 is 56.9 Å². The van der Waals surface area contributed by atoms with Crippen LogP contribution in [0.3, 0.4) is 0 Å². The Bertz CT molecular complexity index is 1040. The fourth-order valence-corrected chi connectivity index (χ4v) is 3.43. The first-order valence-corrected chi connectivity index (χ1v) is 10.7. The lowest BCUT2D eigenvalue weighted by Crippen LogP contribution is -2.43. The third-order valence-electron chi connectivity index (χ3n) is 4.63. The number of carbonyl (C=O) groups is 2. The number of aliphatic hydroxyl groups excluding tert-OH is 1. The van der Waals surface area contributed by atoms with Gasteiger partial charge >= 0.3 is 13.8 Å². The maximum absolute atomic E-state index is 12.3. The van der Waals surface area contributed by atoms with Gasteiger partial charge in [-0.25, -0.2) is 19.5 Å². The molecule has 32 heavy (non-hydrogen) atoms. The summed E-state index contributed by atoms with van der Waals surface area (Å²) in [6.45, 7) is -0.726. The van der Waals surface area contributed by atoms with E-state index in [1.54, 1.807) is 0 Å². The van der Waals surface area contributed by atoms with Gasteiger partial charge in [-0.05, 0) is 6.42 Å². The monoisotopic (exact) mass is 475 g/mol. The van der Waals surface area contributed by atoms with Crippen molar-refractivity contribution in [2.75, 3.05) is 12.3 Å². The normalized spacial score (nSPS) is 24.5. The van der Waals surface area contributed by atoms with Gasteiger partial charge < -0.3 is 41.6 Å². The number of hydrogen-bond acceptors (Lipinski definition) is 12. The standard InChI is InChI=1S/C15H22N7O9P/c16-6(1-2-8(17)23)15(25)31-11-7(3-29-32(26,27)28)30-14(10(11)24)22-5-21-9-12(18)19-4-20-13(9)22/h4-7,10-11,14,24H,1-3,16H2,(H2,17,23)(H2,18,19,20)(H2,26,27,28). The quantitative estimate of drug-likeness (QED) is 0.159. The van der Waals surface area contributed by atoms with Crippen LogP contribution in [0.2, 0.25) is 0 Å². The van der Waals surface area contributed by atoms with Gasteiger partial charge in [0.1, 0.15) is 30.1 Å². The van der Waals surface area contributed by atoms with Gasteiger partial charge in [0, 0.05) is 6.42 Å². The van der Waals surface area contributed by atoms with Crippen LogP contribution in [0.15, 0.2) is 12.7 Å². The van der Waals surface area contributed by atoms with Crippen LogP contribution in [-0.2, 0) is 28.2 Å². The summed E-state index contributed by atoms with van der Waals surface area (Å²) in [6, 6.07) is -1.24. The second-order valence-electron chi connectivity index (χ2n) is 6.94. The summed E-state index contributed by atoms with van der Waals surface area (Å²) in [6.07, 6.45) is -3.36. The van der Waals surface area contributed by atoms with Crippen LogP contribution in [0.5, 0.6) is 0 Å². The molecular formula is C15H22N7O9P. The van der Waals surface area contributed by atoms with Gasteiger partial charge in [-0.3, -0.25) is 18.7 Å². The van der Waals surface area contributed by atoms with Crippen LogP contribution in [0, 0.1) is 0 Å². The molecule has 0 radical (unpaired) electrons.